The van der Waals surface area contributed by atoms with E-state index in [1.807, 2.05) is 0 Å². The van der Waals surface area contributed by atoms with Gasteiger partial charge in [0.2, 0.25) is 0 Å². The summed E-state index contributed by atoms with van der Waals surface area (Å²) in [5.74, 6) is 0. The lowest BCUT2D eigenvalue weighted by Crippen LogP contribution is -2.59. The molecular weight excluding hydrogens is 256 g/mol. The van der Waals surface area contributed by atoms with E-state index < -0.39 is 24.5 Å². The molecule has 0 aromatic rings. The third-order valence-corrected chi connectivity index (χ3v) is 23.6. The molecule has 0 atom stereocenters. The molecule has 0 aliphatic rings. The summed E-state index contributed by atoms with van der Waals surface area (Å²) in [6.07, 6.45) is 0. The fourth-order valence-corrected chi connectivity index (χ4v) is 33.4. The highest BCUT2D eigenvalue weighted by Gasteiger charge is 2.50. The third kappa shape index (κ3) is 5.85. The highest BCUT2D eigenvalue weighted by molar-refractivity contribution is 7.10. The highest BCUT2D eigenvalue weighted by Crippen LogP contribution is 2.42. The Morgan fingerprint density at radius 1 is 0.706 bits per heavy atom. The van der Waals surface area contributed by atoms with Crippen molar-refractivity contribution in [1.82, 2.24) is 0 Å². The average molecular weight is 291 g/mol. The van der Waals surface area contributed by atoms with Gasteiger partial charge >= 0.3 is 0 Å². The van der Waals surface area contributed by atoms with Crippen molar-refractivity contribution < 1.29 is 4.43 Å². The van der Waals surface area contributed by atoms with Crippen molar-refractivity contribution in [2.75, 3.05) is 0 Å². The molecule has 4 heteroatoms. The first kappa shape index (κ1) is 17.6. The third-order valence-electron chi connectivity index (χ3n) is 3.00. The molecule has 1 nitrogen and oxygen atoms in total. The first-order valence-electron chi connectivity index (χ1n) is 6.77. The van der Waals surface area contributed by atoms with E-state index in [1.165, 1.54) is 0 Å². The first-order valence-corrected chi connectivity index (χ1v) is 16.9. The summed E-state index contributed by atoms with van der Waals surface area (Å²) in [6, 6.07) is 0. The molecule has 0 aromatic carbocycles. The molecule has 0 spiro atoms. The zero-order valence-corrected chi connectivity index (χ0v) is 17.0. The molecule has 0 rings (SSSR count). The zero-order chi connectivity index (χ0) is 14.3. The lowest BCUT2D eigenvalue weighted by atomic mass is 10.2. The van der Waals surface area contributed by atoms with Crippen LogP contribution in [-0.4, -0.2) is 30.1 Å². The summed E-state index contributed by atoms with van der Waals surface area (Å²) in [4.78, 5) is 0.904. The van der Waals surface area contributed by atoms with E-state index in [0.29, 0.717) is 0 Å². The van der Waals surface area contributed by atoms with Gasteiger partial charge in [-0.25, -0.2) is 0 Å². The second kappa shape index (κ2) is 4.95. The van der Waals surface area contributed by atoms with Gasteiger partial charge in [-0.1, -0.05) is 39.3 Å². The van der Waals surface area contributed by atoms with Crippen molar-refractivity contribution in [3.8, 4) is 0 Å². The smallest absolute Gasteiger partial charge is 0.185 e. The molecule has 0 aliphatic carbocycles. The molecule has 0 bridgehead atoms. The highest BCUT2D eigenvalue weighted by atomic mass is 28.5. The van der Waals surface area contributed by atoms with Crippen LogP contribution in [0.3, 0.4) is 0 Å². The normalized spacial score (nSPS) is 15.5. The van der Waals surface area contributed by atoms with Gasteiger partial charge in [0.1, 0.15) is 0 Å². The predicted molar refractivity (Wildman–Crippen MR) is 88.8 cm³/mol. The molecule has 0 saturated carbocycles. The van der Waals surface area contributed by atoms with Crippen LogP contribution in [0.15, 0.2) is 0 Å². The molecule has 0 unspecified atom stereocenters. The van der Waals surface area contributed by atoms with Crippen molar-refractivity contribution in [2.45, 2.75) is 83.5 Å². The van der Waals surface area contributed by atoms with Crippen LogP contribution in [0.2, 0.25) is 57.2 Å². The van der Waals surface area contributed by atoms with Gasteiger partial charge < -0.3 is 4.43 Å². The molecular formula is C13H34OSi3. The summed E-state index contributed by atoms with van der Waals surface area (Å²) in [5, 5.41) is 0. The Labute approximate surface area is 112 Å². The van der Waals surface area contributed by atoms with E-state index in [1.54, 1.807) is 0 Å². The molecule has 0 fully saturated rings. The van der Waals surface area contributed by atoms with Gasteiger partial charge in [-0.05, 0) is 38.7 Å². The summed E-state index contributed by atoms with van der Waals surface area (Å²) in [5.41, 5.74) is 0.00721. The average Bonchev–Trinajstić information content (AvgIpc) is 1.66. The van der Waals surface area contributed by atoms with E-state index in [4.69, 9.17) is 4.43 Å². The molecule has 0 radical (unpaired) electrons. The Balaban J connectivity index is 5.34. The zero-order valence-electron chi connectivity index (χ0n) is 14.0. The summed E-state index contributed by atoms with van der Waals surface area (Å²) in [6.45, 7) is 26.6. The molecule has 0 amide bonds. The lowest BCUT2D eigenvalue weighted by molar-refractivity contribution is 0.120. The maximum atomic E-state index is 6.55. The Morgan fingerprint density at radius 3 is 1.18 bits per heavy atom. The van der Waals surface area contributed by atoms with Crippen molar-refractivity contribution >= 4 is 24.5 Å². The molecule has 0 aromatic heterocycles. The summed E-state index contributed by atoms with van der Waals surface area (Å²) >= 11 is 0. The van der Waals surface area contributed by atoms with E-state index in [2.05, 4.69) is 73.1 Å². The van der Waals surface area contributed by atoms with E-state index in [0.717, 1.165) is 4.79 Å². The monoisotopic (exact) mass is 290 g/mol. The molecule has 104 valence electrons. The van der Waals surface area contributed by atoms with Crippen LogP contribution in [-0.2, 0) is 4.43 Å². The lowest BCUT2D eigenvalue weighted by Gasteiger charge is -2.49. The molecule has 0 N–H and O–H groups in total. The Bertz CT molecular complexity index is 239. The minimum absolute atomic E-state index is 0.00721. The van der Waals surface area contributed by atoms with Gasteiger partial charge in [0.25, 0.3) is 0 Å². The van der Waals surface area contributed by atoms with Crippen LogP contribution < -0.4 is 0 Å². The summed E-state index contributed by atoms with van der Waals surface area (Å²) in [7, 11) is -3.93. The Kier molecular flexibility index (Phi) is 5.12. The molecule has 0 aliphatic heterocycles. The minimum Gasteiger partial charge on any atom is -0.413 e. The quantitative estimate of drug-likeness (QED) is 0.652. The van der Waals surface area contributed by atoms with Crippen LogP contribution in [0.5, 0.6) is 0 Å². The van der Waals surface area contributed by atoms with Gasteiger partial charge in [-0.2, -0.15) is 0 Å². The fourth-order valence-electron chi connectivity index (χ4n) is 4.23. The van der Waals surface area contributed by atoms with Crippen molar-refractivity contribution in [2.24, 2.45) is 0 Å². The second-order valence-electron chi connectivity index (χ2n) is 8.98. The number of rotatable bonds is 4. The van der Waals surface area contributed by atoms with Gasteiger partial charge in [0.15, 0.2) is 8.32 Å². The van der Waals surface area contributed by atoms with Crippen LogP contribution in [0.1, 0.15) is 20.8 Å². The van der Waals surface area contributed by atoms with Gasteiger partial charge in [0, 0.05) is 21.7 Å². The molecule has 17 heavy (non-hydrogen) atoms. The topological polar surface area (TPSA) is 9.23 Å². The van der Waals surface area contributed by atoms with Gasteiger partial charge in [-0.15, -0.1) is 0 Å². The SMILES string of the molecule is CC(C)(C)O[Si](C)(C)C([Si](C)(C)C)[Si](C)(C)C. The van der Waals surface area contributed by atoms with Crippen LogP contribution >= 0.6 is 0 Å². The Hall–Kier alpha value is 0.611. The van der Waals surface area contributed by atoms with Crippen LogP contribution in [0.4, 0.5) is 0 Å². The standard InChI is InChI=1S/C13H34OSi3/c1-13(2,3)14-17(10,11)12(15(4,5)6)16(7,8)9/h12H,1-11H3. The predicted octanol–water partition coefficient (Wildman–Crippen LogP) is 5.13. The molecule has 0 heterocycles. The van der Waals surface area contributed by atoms with Gasteiger partial charge in [-0.3, -0.25) is 0 Å². The first-order chi connectivity index (χ1) is 7.07. The van der Waals surface area contributed by atoms with Crippen LogP contribution in [0.25, 0.3) is 0 Å². The number of hydrogen-bond acceptors (Lipinski definition) is 1. The fraction of sp³-hybridized carbons (Fsp3) is 1.00. The van der Waals surface area contributed by atoms with Crippen LogP contribution in [0, 0.1) is 0 Å². The second-order valence-corrected chi connectivity index (χ2v) is 25.3. The number of hydrogen-bond donors (Lipinski definition) is 0. The van der Waals surface area contributed by atoms with Gasteiger partial charge in [0.05, 0.1) is 0 Å². The van der Waals surface area contributed by atoms with Crippen molar-refractivity contribution in [3.63, 3.8) is 0 Å². The van der Waals surface area contributed by atoms with Crippen molar-refractivity contribution in [1.29, 1.82) is 0 Å². The van der Waals surface area contributed by atoms with E-state index >= 15 is 0 Å². The maximum absolute atomic E-state index is 6.55. The Morgan fingerprint density at radius 2 is 1.00 bits per heavy atom. The van der Waals surface area contributed by atoms with E-state index in [-0.39, 0.29) is 5.60 Å². The maximum Gasteiger partial charge on any atom is 0.185 e. The summed E-state index contributed by atoms with van der Waals surface area (Å²) < 4.78 is 6.55. The molecule has 0 saturated heterocycles. The largest absolute Gasteiger partial charge is 0.413 e. The minimum atomic E-state index is -1.62. The van der Waals surface area contributed by atoms with E-state index in [9.17, 15) is 0 Å². The van der Waals surface area contributed by atoms with Crippen molar-refractivity contribution in [3.05, 3.63) is 0 Å².